The number of non-ortho nitro benzene ring substituents is 1. The molecule has 0 atom stereocenters. The summed E-state index contributed by atoms with van der Waals surface area (Å²) in [5, 5.41) is 10.5. The summed E-state index contributed by atoms with van der Waals surface area (Å²) in [4.78, 5) is 10.9. The molecule has 5 heteroatoms. The van der Waals surface area contributed by atoms with E-state index in [1.807, 2.05) is 0 Å². The Hall–Kier alpha value is -1.88. The first-order valence-corrected chi connectivity index (χ1v) is 6.26. The van der Waals surface area contributed by atoms with E-state index in [4.69, 9.17) is 0 Å². The van der Waals surface area contributed by atoms with Crippen molar-refractivity contribution >= 4 is 17.4 Å². The first-order valence-electron chi connectivity index (χ1n) is 5.27. The summed E-state index contributed by atoms with van der Waals surface area (Å²) in [6, 6.07) is 12.8. The first kappa shape index (κ1) is 12.6. The lowest BCUT2D eigenvalue weighted by molar-refractivity contribution is -0.384. The van der Waals surface area contributed by atoms with Gasteiger partial charge in [-0.05, 0) is 23.8 Å². The molecule has 0 saturated carbocycles. The van der Waals surface area contributed by atoms with Crippen molar-refractivity contribution in [3.63, 3.8) is 0 Å². The van der Waals surface area contributed by atoms with Crippen LogP contribution in [0.4, 0.5) is 10.1 Å². The molecule has 0 bridgehead atoms. The second-order valence-corrected chi connectivity index (χ2v) is 4.68. The normalized spacial score (nSPS) is 10.3. The van der Waals surface area contributed by atoms with Crippen LogP contribution >= 0.6 is 11.8 Å². The second kappa shape index (κ2) is 5.64. The molecule has 0 aromatic heterocycles. The van der Waals surface area contributed by atoms with E-state index in [9.17, 15) is 14.5 Å². The first-order chi connectivity index (χ1) is 8.66. The summed E-state index contributed by atoms with van der Waals surface area (Å²) < 4.78 is 13.4. The van der Waals surface area contributed by atoms with E-state index >= 15 is 0 Å². The Morgan fingerprint density at radius 2 is 1.78 bits per heavy atom. The highest BCUT2D eigenvalue weighted by Gasteiger charge is 2.05. The van der Waals surface area contributed by atoms with Crippen LogP contribution in [0.1, 0.15) is 5.56 Å². The van der Waals surface area contributed by atoms with E-state index < -0.39 is 4.92 Å². The maximum atomic E-state index is 13.4. The predicted octanol–water partition coefficient (Wildman–Crippen LogP) is 4.03. The van der Waals surface area contributed by atoms with Gasteiger partial charge in [0, 0.05) is 22.8 Å². The van der Waals surface area contributed by atoms with Crippen LogP contribution in [-0.4, -0.2) is 4.92 Å². The van der Waals surface area contributed by atoms with Gasteiger partial charge in [0.05, 0.1) is 4.92 Å². The number of hydrogen-bond acceptors (Lipinski definition) is 3. The van der Waals surface area contributed by atoms with Crippen LogP contribution in [0, 0.1) is 15.9 Å². The van der Waals surface area contributed by atoms with Gasteiger partial charge < -0.3 is 0 Å². The van der Waals surface area contributed by atoms with Crippen LogP contribution < -0.4 is 0 Å². The number of rotatable bonds is 4. The maximum absolute atomic E-state index is 13.4. The number of thioether (sulfide) groups is 1. The van der Waals surface area contributed by atoms with Crippen molar-refractivity contribution in [3.8, 4) is 0 Å². The van der Waals surface area contributed by atoms with E-state index in [-0.39, 0.29) is 11.5 Å². The van der Waals surface area contributed by atoms with Crippen molar-refractivity contribution in [2.75, 3.05) is 0 Å². The van der Waals surface area contributed by atoms with E-state index in [1.54, 1.807) is 30.3 Å². The molecule has 0 aliphatic carbocycles. The van der Waals surface area contributed by atoms with Crippen LogP contribution in [0.3, 0.4) is 0 Å². The molecule has 2 rings (SSSR count). The van der Waals surface area contributed by atoms with Crippen molar-refractivity contribution < 1.29 is 9.31 Å². The summed E-state index contributed by atoms with van der Waals surface area (Å²) >= 11 is 1.45. The van der Waals surface area contributed by atoms with E-state index in [0.717, 1.165) is 4.90 Å². The Morgan fingerprint density at radius 1 is 1.11 bits per heavy atom. The average molecular weight is 263 g/mol. The molecule has 3 nitrogen and oxygen atoms in total. The highest BCUT2D eigenvalue weighted by molar-refractivity contribution is 7.98. The van der Waals surface area contributed by atoms with Gasteiger partial charge in [-0.25, -0.2) is 4.39 Å². The molecule has 0 unspecified atom stereocenters. The summed E-state index contributed by atoms with van der Waals surface area (Å²) in [6.07, 6.45) is 0. The second-order valence-electron chi connectivity index (χ2n) is 3.63. The van der Waals surface area contributed by atoms with Gasteiger partial charge in [-0.1, -0.05) is 18.2 Å². The zero-order valence-corrected chi connectivity index (χ0v) is 10.2. The van der Waals surface area contributed by atoms with Gasteiger partial charge in [-0.2, -0.15) is 0 Å². The highest BCUT2D eigenvalue weighted by atomic mass is 32.2. The Bertz CT molecular complexity index is 557. The van der Waals surface area contributed by atoms with Gasteiger partial charge in [0.1, 0.15) is 5.82 Å². The van der Waals surface area contributed by atoms with E-state index in [2.05, 4.69) is 0 Å². The van der Waals surface area contributed by atoms with Crippen molar-refractivity contribution in [2.24, 2.45) is 0 Å². The number of nitro benzene ring substituents is 1. The lowest BCUT2D eigenvalue weighted by Gasteiger charge is -2.03. The fraction of sp³-hybridized carbons (Fsp3) is 0.0769. The molecule has 0 saturated heterocycles. The Balaban J connectivity index is 2.02. The van der Waals surface area contributed by atoms with Gasteiger partial charge in [0.15, 0.2) is 0 Å². The monoisotopic (exact) mass is 263 g/mol. The minimum atomic E-state index is -0.439. The van der Waals surface area contributed by atoms with Gasteiger partial charge in [-0.15, -0.1) is 11.8 Å². The largest absolute Gasteiger partial charge is 0.269 e. The Labute approximate surface area is 108 Å². The molecule has 92 valence electrons. The molecule has 0 amide bonds. The summed E-state index contributed by atoms with van der Waals surface area (Å²) in [6.45, 7) is 0. The molecule has 0 radical (unpaired) electrons. The standard InChI is InChI=1S/C13H10FNO2S/c14-13-4-2-1-3-10(13)9-18-12-7-5-11(6-8-12)15(16)17/h1-8H,9H2. The van der Waals surface area contributed by atoms with Crippen LogP contribution in [0.25, 0.3) is 0 Å². The average Bonchev–Trinajstić information content (AvgIpc) is 2.38. The summed E-state index contributed by atoms with van der Waals surface area (Å²) in [5.41, 5.74) is 0.686. The molecule has 0 fully saturated rings. The number of halogens is 1. The van der Waals surface area contributed by atoms with Crippen molar-refractivity contribution in [3.05, 3.63) is 70.0 Å². The van der Waals surface area contributed by atoms with Gasteiger partial charge >= 0.3 is 0 Å². The quantitative estimate of drug-likeness (QED) is 0.475. The molecular weight excluding hydrogens is 253 g/mol. The lowest BCUT2D eigenvalue weighted by Crippen LogP contribution is -1.88. The summed E-state index contributed by atoms with van der Waals surface area (Å²) in [5.74, 6) is 0.275. The smallest absolute Gasteiger partial charge is 0.258 e. The lowest BCUT2D eigenvalue weighted by atomic mass is 10.2. The van der Waals surface area contributed by atoms with Gasteiger partial charge in [0.2, 0.25) is 0 Å². The minimum absolute atomic E-state index is 0.0604. The fourth-order valence-electron chi connectivity index (χ4n) is 1.44. The third-order valence-corrected chi connectivity index (χ3v) is 3.46. The van der Waals surface area contributed by atoms with Gasteiger partial charge in [0.25, 0.3) is 5.69 Å². The van der Waals surface area contributed by atoms with Crippen LogP contribution in [0.2, 0.25) is 0 Å². The highest BCUT2D eigenvalue weighted by Crippen LogP contribution is 2.25. The van der Waals surface area contributed by atoms with Crippen LogP contribution in [0.5, 0.6) is 0 Å². The zero-order chi connectivity index (χ0) is 13.0. The molecule has 2 aromatic carbocycles. The summed E-state index contributed by atoms with van der Waals surface area (Å²) in [7, 11) is 0. The molecule has 0 aliphatic rings. The molecule has 0 spiro atoms. The van der Waals surface area contributed by atoms with Crippen molar-refractivity contribution in [1.82, 2.24) is 0 Å². The van der Waals surface area contributed by atoms with Crippen molar-refractivity contribution in [2.45, 2.75) is 10.6 Å². The van der Waals surface area contributed by atoms with E-state index in [0.29, 0.717) is 11.3 Å². The molecule has 0 heterocycles. The number of benzene rings is 2. The topological polar surface area (TPSA) is 43.1 Å². The van der Waals surface area contributed by atoms with Crippen LogP contribution in [0.15, 0.2) is 53.4 Å². The predicted molar refractivity (Wildman–Crippen MR) is 69.1 cm³/mol. The SMILES string of the molecule is O=[N+]([O-])c1ccc(SCc2ccccc2F)cc1. The number of nitro groups is 1. The molecule has 0 aliphatic heterocycles. The molecule has 18 heavy (non-hydrogen) atoms. The van der Waals surface area contributed by atoms with Crippen LogP contribution in [-0.2, 0) is 5.75 Å². The molecule has 0 N–H and O–H groups in total. The minimum Gasteiger partial charge on any atom is -0.258 e. The maximum Gasteiger partial charge on any atom is 0.269 e. The fourth-order valence-corrected chi connectivity index (χ4v) is 2.33. The zero-order valence-electron chi connectivity index (χ0n) is 9.38. The molecular formula is C13H10FNO2S. The molecule has 2 aromatic rings. The van der Waals surface area contributed by atoms with Crippen molar-refractivity contribution in [1.29, 1.82) is 0 Å². The van der Waals surface area contributed by atoms with E-state index in [1.165, 1.54) is 30.0 Å². The Morgan fingerprint density at radius 3 is 2.39 bits per heavy atom. The third-order valence-electron chi connectivity index (χ3n) is 2.40. The third kappa shape index (κ3) is 3.07. The Kier molecular flexibility index (Phi) is 3.94. The number of hydrogen-bond donors (Lipinski definition) is 0. The van der Waals surface area contributed by atoms with Gasteiger partial charge in [-0.3, -0.25) is 10.1 Å². The number of nitrogens with zero attached hydrogens (tertiary/aromatic N) is 1.